The first kappa shape index (κ1) is 17.2. The number of rotatable bonds is 7. The fourth-order valence-corrected chi connectivity index (χ4v) is 2.12. The second-order valence-corrected chi connectivity index (χ2v) is 4.84. The zero-order valence-corrected chi connectivity index (χ0v) is 13.2. The highest BCUT2D eigenvalue weighted by Gasteiger charge is 2.22. The number of carbonyl (C=O) groups excluding carboxylic acids is 2. The van der Waals surface area contributed by atoms with Crippen molar-refractivity contribution < 1.29 is 24.0 Å². The number of hydrogen-bond acceptors (Lipinski definition) is 6. The summed E-state index contributed by atoms with van der Waals surface area (Å²) in [4.78, 5) is 34.5. The smallest absolute Gasteiger partial charge is 0.355 e. The Balaban J connectivity index is 2.27. The maximum Gasteiger partial charge on any atom is 0.355 e. The van der Waals surface area contributed by atoms with Gasteiger partial charge in [-0.05, 0) is 31.2 Å². The number of Topliss-reactive ketones (excluding diaryl/α,β-unsaturated/α-hetero) is 1. The number of hydrogen-bond donors (Lipinski definition) is 0. The molecule has 0 N–H and O–H groups in total. The first-order valence-corrected chi connectivity index (χ1v) is 7.15. The van der Waals surface area contributed by atoms with E-state index in [0.29, 0.717) is 11.3 Å². The summed E-state index contributed by atoms with van der Waals surface area (Å²) in [5.41, 5.74) is 0.0907. The molecule has 0 aliphatic carbocycles. The fourth-order valence-electron chi connectivity index (χ4n) is 2.12. The Bertz CT molecular complexity index is 763. The molecule has 2 aromatic rings. The fraction of sp³-hybridized carbons (Fsp3) is 0.250. The van der Waals surface area contributed by atoms with Crippen molar-refractivity contribution in [3.8, 4) is 5.75 Å². The van der Waals surface area contributed by atoms with Crippen LogP contribution in [-0.4, -0.2) is 35.0 Å². The van der Waals surface area contributed by atoms with E-state index in [9.17, 15) is 19.7 Å². The van der Waals surface area contributed by atoms with E-state index in [4.69, 9.17) is 9.47 Å². The Morgan fingerprint density at radius 3 is 2.46 bits per heavy atom. The summed E-state index contributed by atoms with van der Waals surface area (Å²) >= 11 is 0. The van der Waals surface area contributed by atoms with Gasteiger partial charge in [-0.2, -0.15) is 0 Å². The minimum atomic E-state index is -0.715. The van der Waals surface area contributed by atoms with Gasteiger partial charge in [0.15, 0.2) is 5.78 Å². The van der Waals surface area contributed by atoms with Gasteiger partial charge in [0.05, 0.1) is 31.4 Å². The van der Waals surface area contributed by atoms with Gasteiger partial charge in [-0.1, -0.05) is 0 Å². The number of aromatic nitrogens is 1. The van der Waals surface area contributed by atoms with Gasteiger partial charge in [0, 0.05) is 11.6 Å². The van der Waals surface area contributed by atoms with Crippen molar-refractivity contribution >= 4 is 17.4 Å². The lowest BCUT2D eigenvalue weighted by molar-refractivity contribution is -0.384. The van der Waals surface area contributed by atoms with Crippen LogP contribution in [0.1, 0.15) is 27.8 Å². The standard InChI is InChI=1S/C16H16N2O6/c1-3-24-16(20)14-8-12(18(21)22)9-17(14)10-15(19)11-4-6-13(23-2)7-5-11/h4-9H,3,10H2,1-2H3. The normalized spacial score (nSPS) is 10.2. The summed E-state index contributed by atoms with van der Waals surface area (Å²) in [6.45, 7) is 1.54. The number of nitro groups is 1. The third kappa shape index (κ3) is 3.78. The van der Waals surface area contributed by atoms with Crippen LogP contribution in [0.5, 0.6) is 5.75 Å². The van der Waals surface area contributed by atoms with Crippen LogP contribution in [0.15, 0.2) is 36.5 Å². The van der Waals surface area contributed by atoms with Gasteiger partial charge in [-0.25, -0.2) is 4.79 Å². The van der Waals surface area contributed by atoms with Crippen LogP contribution in [-0.2, 0) is 11.3 Å². The van der Waals surface area contributed by atoms with Gasteiger partial charge < -0.3 is 14.0 Å². The second-order valence-electron chi connectivity index (χ2n) is 4.84. The summed E-state index contributed by atoms with van der Waals surface area (Å²) in [6.07, 6.45) is 1.15. The molecule has 0 unspecified atom stereocenters. The highest BCUT2D eigenvalue weighted by Crippen LogP contribution is 2.19. The third-order valence-corrected chi connectivity index (χ3v) is 3.30. The molecule has 1 heterocycles. The number of methoxy groups -OCH3 is 1. The van der Waals surface area contributed by atoms with Crippen molar-refractivity contribution in [2.75, 3.05) is 13.7 Å². The molecule has 8 heteroatoms. The molecule has 0 saturated heterocycles. The number of carbonyl (C=O) groups is 2. The number of esters is 1. The highest BCUT2D eigenvalue weighted by molar-refractivity contribution is 5.97. The third-order valence-electron chi connectivity index (χ3n) is 3.30. The van der Waals surface area contributed by atoms with Crippen LogP contribution in [0.3, 0.4) is 0 Å². The number of ketones is 1. The van der Waals surface area contributed by atoms with Crippen molar-refractivity contribution in [1.29, 1.82) is 0 Å². The van der Waals surface area contributed by atoms with Crippen molar-refractivity contribution in [3.05, 3.63) is 57.9 Å². The van der Waals surface area contributed by atoms with Gasteiger partial charge in [0.1, 0.15) is 11.4 Å². The highest BCUT2D eigenvalue weighted by atomic mass is 16.6. The minimum Gasteiger partial charge on any atom is -0.497 e. The quantitative estimate of drug-likeness (QED) is 0.334. The largest absolute Gasteiger partial charge is 0.497 e. The molecule has 0 radical (unpaired) electrons. The van der Waals surface area contributed by atoms with Gasteiger partial charge >= 0.3 is 5.97 Å². The monoisotopic (exact) mass is 332 g/mol. The lowest BCUT2D eigenvalue weighted by Crippen LogP contribution is -2.16. The van der Waals surface area contributed by atoms with E-state index in [-0.39, 0.29) is 30.3 Å². The Morgan fingerprint density at radius 2 is 1.92 bits per heavy atom. The first-order chi connectivity index (χ1) is 11.5. The van der Waals surface area contributed by atoms with Gasteiger partial charge in [-0.15, -0.1) is 0 Å². The molecule has 24 heavy (non-hydrogen) atoms. The average Bonchev–Trinajstić information content (AvgIpc) is 2.99. The molecule has 2 rings (SSSR count). The van der Waals surface area contributed by atoms with E-state index in [1.807, 2.05) is 0 Å². The summed E-state index contributed by atoms with van der Waals surface area (Å²) < 4.78 is 11.1. The second kappa shape index (κ2) is 7.40. The molecule has 0 aliphatic heterocycles. The zero-order valence-electron chi connectivity index (χ0n) is 13.2. The van der Waals surface area contributed by atoms with E-state index in [1.165, 1.54) is 11.7 Å². The van der Waals surface area contributed by atoms with Crippen LogP contribution in [0.4, 0.5) is 5.69 Å². The number of ether oxygens (including phenoxy) is 2. The van der Waals surface area contributed by atoms with Crippen molar-refractivity contribution in [1.82, 2.24) is 4.57 Å². The molecular weight excluding hydrogens is 316 g/mol. The molecule has 1 aromatic carbocycles. The summed E-state index contributed by atoms with van der Waals surface area (Å²) in [5, 5.41) is 10.9. The predicted octanol–water partition coefficient (Wildman–Crippen LogP) is 2.46. The van der Waals surface area contributed by atoms with Crippen LogP contribution >= 0.6 is 0 Å². The van der Waals surface area contributed by atoms with Crippen molar-refractivity contribution in [2.45, 2.75) is 13.5 Å². The Labute approximate surface area is 137 Å². The summed E-state index contributed by atoms with van der Waals surface area (Å²) in [5.74, 6) is -0.405. The Morgan fingerprint density at radius 1 is 1.25 bits per heavy atom. The van der Waals surface area contributed by atoms with Gasteiger partial charge in [-0.3, -0.25) is 14.9 Å². The number of nitrogens with zero attached hydrogens (tertiary/aromatic N) is 2. The Hall–Kier alpha value is -3.16. The van der Waals surface area contributed by atoms with Crippen molar-refractivity contribution in [3.63, 3.8) is 0 Å². The summed E-state index contributed by atoms with van der Waals surface area (Å²) in [6, 6.07) is 7.54. The zero-order chi connectivity index (χ0) is 17.7. The summed E-state index contributed by atoms with van der Waals surface area (Å²) in [7, 11) is 1.52. The Kier molecular flexibility index (Phi) is 5.31. The topological polar surface area (TPSA) is 101 Å². The lowest BCUT2D eigenvalue weighted by Gasteiger charge is -2.08. The maximum absolute atomic E-state index is 12.3. The molecular formula is C16H16N2O6. The average molecular weight is 332 g/mol. The molecule has 126 valence electrons. The molecule has 0 bridgehead atoms. The van der Waals surface area contributed by atoms with E-state index in [1.54, 1.807) is 31.2 Å². The lowest BCUT2D eigenvalue weighted by atomic mass is 10.1. The predicted molar refractivity (Wildman–Crippen MR) is 84.4 cm³/mol. The van der Waals surface area contributed by atoms with Crippen molar-refractivity contribution in [2.24, 2.45) is 0 Å². The molecule has 0 aliphatic rings. The molecule has 1 aromatic heterocycles. The molecule has 8 nitrogen and oxygen atoms in total. The molecule has 0 saturated carbocycles. The van der Waals surface area contributed by atoms with Gasteiger partial charge in [0.2, 0.25) is 0 Å². The molecule has 0 fully saturated rings. The van der Waals surface area contributed by atoms with Gasteiger partial charge in [0.25, 0.3) is 5.69 Å². The van der Waals surface area contributed by atoms with Crippen LogP contribution in [0.2, 0.25) is 0 Å². The SMILES string of the molecule is CCOC(=O)c1cc([N+](=O)[O-])cn1CC(=O)c1ccc(OC)cc1. The molecule has 0 spiro atoms. The van der Waals surface area contributed by atoms with E-state index in [0.717, 1.165) is 12.3 Å². The molecule has 0 amide bonds. The number of benzene rings is 1. The van der Waals surface area contributed by atoms with E-state index >= 15 is 0 Å². The van der Waals surface area contributed by atoms with Crippen LogP contribution in [0.25, 0.3) is 0 Å². The van der Waals surface area contributed by atoms with E-state index in [2.05, 4.69) is 0 Å². The van der Waals surface area contributed by atoms with Crippen LogP contribution in [0, 0.1) is 10.1 Å². The van der Waals surface area contributed by atoms with E-state index < -0.39 is 10.9 Å². The first-order valence-electron chi connectivity index (χ1n) is 7.15. The maximum atomic E-state index is 12.3. The minimum absolute atomic E-state index is 0.0367. The molecule has 0 atom stereocenters. The van der Waals surface area contributed by atoms with Crippen LogP contribution < -0.4 is 4.74 Å².